The second kappa shape index (κ2) is 7.50. The SMILES string of the molecule is CC(C)(CO)Cc1cccc(-c2cccc(CC(C)(C)CO)c2)c1. The van der Waals surface area contributed by atoms with E-state index in [1.165, 1.54) is 22.3 Å². The molecule has 130 valence electrons. The smallest absolute Gasteiger partial charge is 0.0485 e. The van der Waals surface area contributed by atoms with E-state index >= 15 is 0 Å². The highest BCUT2D eigenvalue weighted by atomic mass is 16.3. The summed E-state index contributed by atoms with van der Waals surface area (Å²) in [5, 5.41) is 19.0. The Hall–Kier alpha value is -1.64. The maximum atomic E-state index is 9.49. The van der Waals surface area contributed by atoms with Gasteiger partial charge in [0, 0.05) is 13.2 Å². The molecule has 0 spiro atoms. The average Bonchev–Trinajstić information content (AvgIpc) is 2.54. The Bertz CT molecular complexity index is 612. The molecule has 0 saturated carbocycles. The van der Waals surface area contributed by atoms with Crippen LogP contribution in [0.5, 0.6) is 0 Å². The Balaban J connectivity index is 2.26. The molecule has 0 aliphatic heterocycles. The summed E-state index contributed by atoms with van der Waals surface area (Å²) in [4.78, 5) is 0. The van der Waals surface area contributed by atoms with Gasteiger partial charge >= 0.3 is 0 Å². The van der Waals surface area contributed by atoms with E-state index in [0.717, 1.165) is 12.8 Å². The predicted octanol–water partition coefficient (Wildman–Crippen LogP) is 4.48. The molecule has 2 nitrogen and oxygen atoms in total. The zero-order chi connectivity index (χ0) is 17.8. The van der Waals surface area contributed by atoms with Gasteiger partial charge in [-0.25, -0.2) is 0 Å². The minimum atomic E-state index is -0.106. The highest BCUT2D eigenvalue weighted by Gasteiger charge is 2.18. The van der Waals surface area contributed by atoms with Crippen molar-refractivity contribution < 1.29 is 10.2 Å². The van der Waals surface area contributed by atoms with Gasteiger partial charge < -0.3 is 10.2 Å². The lowest BCUT2D eigenvalue weighted by Crippen LogP contribution is -2.19. The molecule has 2 aromatic carbocycles. The van der Waals surface area contributed by atoms with E-state index in [-0.39, 0.29) is 24.0 Å². The van der Waals surface area contributed by atoms with Crippen LogP contribution in [0.25, 0.3) is 11.1 Å². The van der Waals surface area contributed by atoms with Crippen molar-refractivity contribution in [3.8, 4) is 11.1 Å². The molecule has 2 rings (SSSR count). The minimum Gasteiger partial charge on any atom is -0.396 e. The van der Waals surface area contributed by atoms with E-state index in [1.54, 1.807) is 0 Å². The molecule has 2 aromatic rings. The zero-order valence-corrected chi connectivity index (χ0v) is 15.3. The molecule has 2 N–H and O–H groups in total. The van der Waals surface area contributed by atoms with Crippen molar-refractivity contribution in [2.24, 2.45) is 10.8 Å². The van der Waals surface area contributed by atoms with Gasteiger partial charge in [0.05, 0.1) is 0 Å². The summed E-state index contributed by atoms with van der Waals surface area (Å²) in [7, 11) is 0. The lowest BCUT2D eigenvalue weighted by atomic mass is 9.85. The van der Waals surface area contributed by atoms with Crippen LogP contribution in [-0.4, -0.2) is 23.4 Å². The molecule has 0 radical (unpaired) electrons. The summed E-state index contributed by atoms with van der Waals surface area (Å²) >= 11 is 0. The van der Waals surface area contributed by atoms with Crippen LogP contribution in [0, 0.1) is 10.8 Å². The Morgan fingerprint density at radius 2 is 1.04 bits per heavy atom. The van der Waals surface area contributed by atoms with Gasteiger partial charge in [-0.05, 0) is 45.9 Å². The normalized spacial score (nSPS) is 12.4. The summed E-state index contributed by atoms with van der Waals surface area (Å²) < 4.78 is 0. The fourth-order valence-corrected chi connectivity index (χ4v) is 2.94. The van der Waals surface area contributed by atoms with Crippen LogP contribution < -0.4 is 0 Å². The van der Waals surface area contributed by atoms with Crippen molar-refractivity contribution in [3.05, 3.63) is 59.7 Å². The number of rotatable bonds is 7. The molecule has 0 heterocycles. The van der Waals surface area contributed by atoms with E-state index in [0.29, 0.717) is 0 Å². The Morgan fingerprint density at radius 3 is 1.38 bits per heavy atom. The molecule has 0 aliphatic rings. The quantitative estimate of drug-likeness (QED) is 0.788. The lowest BCUT2D eigenvalue weighted by molar-refractivity contribution is 0.159. The molecule has 2 heteroatoms. The molecular formula is C22H30O2. The highest BCUT2D eigenvalue weighted by Crippen LogP contribution is 2.28. The van der Waals surface area contributed by atoms with E-state index in [9.17, 15) is 10.2 Å². The molecule has 0 saturated heterocycles. The van der Waals surface area contributed by atoms with Crippen molar-refractivity contribution in [1.82, 2.24) is 0 Å². The third-order valence-corrected chi connectivity index (χ3v) is 4.41. The van der Waals surface area contributed by atoms with Gasteiger partial charge in [-0.2, -0.15) is 0 Å². The minimum absolute atomic E-state index is 0.106. The number of aliphatic hydroxyl groups excluding tert-OH is 2. The first-order valence-corrected chi connectivity index (χ1v) is 8.65. The fraction of sp³-hybridized carbons (Fsp3) is 0.455. The molecular weight excluding hydrogens is 296 g/mol. The van der Waals surface area contributed by atoms with E-state index in [4.69, 9.17) is 0 Å². The Morgan fingerprint density at radius 1 is 0.667 bits per heavy atom. The van der Waals surface area contributed by atoms with Gasteiger partial charge in [0.1, 0.15) is 0 Å². The van der Waals surface area contributed by atoms with Crippen LogP contribution in [0.1, 0.15) is 38.8 Å². The van der Waals surface area contributed by atoms with Gasteiger partial charge in [0.25, 0.3) is 0 Å². The van der Waals surface area contributed by atoms with Crippen LogP contribution in [0.2, 0.25) is 0 Å². The van der Waals surface area contributed by atoms with Gasteiger partial charge in [0.2, 0.25) is 0 Å². The largest absolute Gasteiger partial charge is 0.396 e. The van der Waals surface area contributed by atoms with E-state index in [2.05, 4.69) is 76.2 Å². The second-order valence-electron chi connectivity index (χ2n) is 8.40. The third-order valence-electron chi connectivity index (χ3n) is 4.41. The summed E-state index contributed by atoms with van der Waals surface area (Å²) in [5.74, 6) is 0. The third kappa shape index (κ3) is 5.19. The van der Waals surface area contributed by atoms with Crippen LogP contribution in [0.4, 0.5) is 0 Å². The van der Waals surface area contributed by atoms with Gasteiger partial charge in [-0.1, -0.05) is 76.2 Å². The molecule has 24 heavy (non-hydrogen) atoms. The van der Waals surface area contributed by atoms with Crippen molar-refractivity contribution >= 4 is 0 Å². The summed E-state index contributed by atoms with van der Waals surface area (Å²) in [5.41, 5.74) is 4.67. The first-order chi connectivity index (χ1) is 11.2. The predicted molar refractivity (Wildman–Crippen MR) is 101 cm³/mol. The maximum Gasteiger partial charge on any atom is 0.0485 e. The van der Waals surface area contributed by atoms with Crippen LogP contribution in [0.3, 0.4) is 0 Å². The van der Waals surface area contributed by atoms with Crippen molar-refractivity contribution in [3.63, 3.8) is 0 Å². The van der Waals surface area contributed by atoms with Crippen molar-refractivity contribution in [2.45, 2.75) is 40.5 Å². The monoisotopic (exact) mass is 326 g/mol. The molecule has 0 bridgehead atoms. The van der Waals surface area contributed by atoms with Gasteiger partial charge in [0.15, 0.2) is 0 Å². The summed E-state index contributed by atoms with van der Waals surface area (Å²) in [6.45, 7) is 8.69. The fourth-order valence-electron chi connectivity index (χ4n) is 2.94. The van der Waals surface area contributed by atoms with Gasteiger partial charge in [-0.3, -0.25) is 0 Å². The van der Waals surface area contributed by atoms with E-state index in [1.807, 2.05) is 0 Å². The first kappa shape index (κ1) is 18.7. The molecule has 0 atom stereocenters. The van der Waals surface area contributed by atoms with Crippen LogP contribution >= 0.6 is 0 Å². The first-order valence-electron chi connectivity index (χ1n) is 8.65. The Labute approximate surface area is 146 Å². The number of hydrogen-bond donors (Lipinski definition) is 2. The molecule has 0 aliphatic carbocycles. The van der Waals surface area contributed by atoms with Gasteiger partial charge in [-0.15, -0.1) is 0 Å². The Kier molecular flexibility index (Phi) is 5.84. The standard InChI is InChI=1S/C22H30O2/c1-21(2,15-23)13-17-7-5-9-19(11-17)20-10-6-8-18(12-20)14-22(3,4)16-24/h5-12,23-24H,13-16H2,1-4H3. The molecule has 0 unspecified atom stereocenters. The lowest BCUT2D eigenvalue weighted by Gasteiger charge is -2.22. The average molecular weight is 326 g/mol. The number of benzene rings is 2. The van der Waals surface area contributed by atoms with Crippen molar-refractivity contribution in [2.75, 3.05) is 13.2 Å². The molecule has 0 aromatic heterocycles. The topological polar surface area (TPSA) is 40.5 Å². The van der Waals surface area contributed by atoms with Crippen LogP contribution in [0.15, 0.2) is 48.5 Å². The molecule has 0 amide bonds. The zero-order valence-electron chi connectivity index (χ0n) is 15.3. The molecule has 0 fully saturated rings. The second-order valence-corrected chi connectivity index (χ2v) is 8.40. The van der Waals surface area contributed by atoms with Crippen LogP contribution in [-0.2, 0) is 12.8 Å². The number of aliphatic hydroxyl groups is 2. The maximum absolute atomic E-state index is 9.49. The number of hydrogen-bond acceptors (Lipinski definition) is 2. The summed E-state index contributed by atoms with van der Waals surface area (Å²) in [6, 6.07) is 17.1. The van der Waals surface area contributed by atoms with Crippen molar-refractivity contribution in [1.29, 1.82) is 0 Å². The highest BCUT2D eigenvalue weighted by molar-refractivity contribution is 5.65. The summed E-state index contributed by atoms with van der Waals surface area (Å²) in [6.07, 6.45) is 1.71. The van der Waals surface area contributed by atoms with E-state index < -0.39 is 0 Å².